The molecule has 0 aromatic heterocycles. The van der Waals surface area contributed by atoms with E-state index in [1.807, 2.05) is 6.92 Å². The number of rotatable bonds is 6. The topological polar surface area (TPSA) is 73.9 Å². The molecule has 6 nitrogen and oxygen atoms in total. The zero-order valence-electron chi connectivity index (χ0n) is 15.3. The Balaban J connectivity index is 2.49. The summed E-state index contributed by atoms with van der Waals surface area (Å²) in [5.74, 6) is 1.64. The summed E-state index contributed by atoms with van der Waals surface area (Å²) >= 11 is 0. The Labute approximate surface area is 148 Å². The predicted molar refractivity (Wildman–Crippen MR) is 97.6 cm³/mol. The molecule has 25 heavy (non-hydrogen) atoms. The molecule has 0 saturated heterocycles. The van der Waals surface area contributed by atoms with E-state index in [-0.39, 0.29) is 4.90 Å². The van der Waals surface area contributed by atoms with Gasteiger partial charge in [-0.15, -0.1) is 0 Å². The van der Waals surface area contributed by atoms with Gasteiger partial charge < -0.3 is 14.2 Å². The molecule has 0 bridgehead atoms. The SMILES string of the molecule is COc1ccc(NS(=O)(=O)c2c(C)cc(OC)c(C)c2C)cc1OC. The highest BCUT2D eigenvalue weighted by molar-refractivity contribution is 7.92. The first kappa shape index (κ1) is 18.9. The molecular formula is C18H23NO5S. The lowest BCUT2D eigenvalue weighted by molar-refractivity contribution is 0.355. The van der Waals surface area contributed by atoms with Crippen LogP contribution in [0.5, 0.6) is 17.2 Å². The van der Waals surface area contributed by atoms with Crippen LogP contribution < -0.4 is 18.9 Å². The molecule has 0 atom stereocenters. The molecule has 0 fully saturated rings. The highest BCUT2D eigenvalue weighted by Gasteiger charge is 2.23. The van der Waals surface area contributed by atoms with Crippen molar-refractivity contribution in [2.45, 2.75) is 25.7 Å². The van der Waals surface area contributed by atoms with Crippen LogP contribution in [0.15, 0.2) is 29.2 Å². The van der Waals surface area contributed by atoms with Crippen molar-refractivity contribution in [2.24, 2.45) is 0 Å². The fourth-order valence-corrected chi connectivity index (χ4v) is 4.33. The number of hydrogen-bond acceptors (Lipinski definition) is 5. The molecule has 0 saturated carbocycles. The van der Waals surface area contributed by atoms with Crippen LogP contribution in [-0.2, 0) is 10.0 Å². The average Bonchev–Trinajstić information content (AvgIpc) is 2.57. The van der Waals surface area contributed by atoms with Gasteiger partial charge in [-0.1, -0.05) is 0 Å². The van der Waals surface area contributed by atoms with E-state index in [1.165, 1.54) is 14.2 Å². The molecule has 1 N–H and O–H groups in total. The van der Waals surface area contributed by atoms with Crippen LogP contribution in [0.1, 0.15) is 16.7 Å². The number of ether oxygens (including phenoxy) is 3. The number of anilines is 1. The van der Waals surface area contributed by atoms with Crippen LogP contribution in [-0.4, -0.2) is 29.7 Å². The van der Waals surface area contributed by atoms with Crippen molar-refractivity contribution in [3.8, 4) is 17.2 Å². The lowest BCUT2D eigenvalue weighted by Gasteiger charge is -2.17. The van der Waals surface area contributed by atoms with Gasteiger partial charge in [-0.25, -0.2) is 8.42 Å². The second-order valence-electron chi connectivity index (χ2n) is 5.65. The number of hydrogen-bond donors (Lipinski definition) is 1. The van der Waals surface area contributed by atoms with Crippen molar-refractivity contribution < 1.29 is 22.6 Å². The van der Waals surface area contributed by atoms with Crippen LogP contribution in [0.3, 0.4) is 0 Å². The first-order valence-corrected chi connectivity index (χ1v) is 9.13. The number of sulfonamides is 1. The first-order chi connectivity index (χ1) is 11.7. The molecule has 0 unspecified atom stereocenters. The van der Waals surface area contributed by atoms with E-state index >= 15 is 0 Å². The Morgan fingerprint density at radius 3 is 1.96 bits per heavy atom. The van der Waals surface area contributed by atoms with Gasteiger partial charge in [-0.05, 0) is 55.7 Å². The lowest BCUT2D eigenvalue weighted by atomic mass is 10.1. The molecule has 2 aromatic rings. The molecule has 136 valence electrons. The third-order valence-corrected chi connectivity index (χ3v) is 5.77. The van der Waals surface area contributed by atoms with Gasteiger partial charge in [-0.2, -0.15) is 0 Å². The van der Waals surface area contributed by atoms with Gasteiger partial charge in [0.25, 0.3) is 10.0 Å². The van der Waals surface area contributed by atoms with E-state index in [9.17, 15) is 8.42 Å². The summed E-state index contributed by atoms with van der Waals surface area (Å²) in [7, 11) is 0.818. The molecule has 0 aliphatic heterocycles. The lowest BCUT2D eigenvalue weighted by Crippen LogP contribution is -2.16. The summed E-state index contributed by atoms with van der Waals surface area (Å²) in [6.45, 7) is 5.36. The zero-order valence-corrected chi connectivity index (χ0v) is 16.1. The molecule has 2 rings (SSSR count). The summed E-state index contributed by atoms with van der Waals surface area (Å²) in [6, 6.07) is 6.58. The molecule has 0 amide bonds. The largest absolute Gasteiger partial charge is 0.496 e. The summed E-state index contributed by atoms with van der Waals surface area (Å²) in [5.41, 5.74) is 2.46. The minimum Gasteiger partial charge on any atom is -0.496 e. The monoisotopic (exact) mass is 365 g/mol. The van der Waals surface area contributed by atoms with E-state index < -0.39 is 10.0 Å². The fraction of sp³-hybridized carbons (Fsp3) is 0.333. The van der Waals surface area contributed by atoms with Gasteiger partial charge in [0.15, 0.2) is 11.5 Å². The fourth-order valence-electron chi connectivity index (χ4n) is 2.75. The Morgan fingerprint density at radius 2 is 1.40 bits per heavy atom. The third-order valence-electron chi connectivity index (χ3n) is 4.10. The Kier molecular flexibility index (Phi) is 5.47. The van der Waals surface area contributed by atoms with Crippen molar-refractivity contribution in [3.63, 3.8) is 0 Å². The minimum absolute atomic E-state index is 0.251. The maximum Gasteiger partial charge on any atom is 0.262 e. The van der Waals surface area contributed by atoms with Crippen LogP contribution in [0.25, 0.3) is 0 Å². The number of aryl methyl sites for hydroxylation is 1. The molecule has 0 radical (unpaired) electrons. The van der Waals surface area contributed by atoms with Gasteiger partial charge in [0.05, 0.1) is 31.9 Å². The van der Waals surface area contributed by atoms with Gasteiger partial charge >= 0.3 is 0 Å². The summed E-state index contributed by atoms with van der Waals surface area (Å²) in [6.07, 6.45) is 0. The smallest absolute Gasteiger partial charge is 0.262 e. The number of benzene rings is 2. The Morgan fingerprint density at radius 1 is 0.800 bits per heavy atom. The van der Waals surface area contributed by atoms with E-state index in [4.69, 9.17) is 14.2 Å². The van der Waals surface area contributed by atoms with E-state index in [2.05, 4.69) is 4.72 Å². The molecule has 0 spiro atoms. The van der Waals surface area contributed by atoms with E-state index in [0.717, 1.165) is 5.56 Å². The highest BCUT2D eigenvalue weighted by Crippen LogP contribution is 2.34. The van der Waals surface area contributed by atoms with Crippen molar-refractivity contribution in [2.75, 3.05) is 26.1 Å². The predicted octanol–water partition coefficient (Wildman–Crippen LogP) is 3.44. The Bertz CT molecular complexity index is 891. The summed E-state index contributed by atoms with van der Waals surface area (Å²) in [4.78, 5) is 0.251. The van der Waals surface area contributed by atoms with Gasteiger partial charge in [0, 0.05) is 6.07 Å². The quantitative estimate of drug-likeness (QED) is 0.849. The third kappa shape index (κ3) is 3.66. The maximum absolute atomic E-state index is 12.9. The molecule has 0 aliphatic rings. The van der Waals surface area contributed by atoms with Gasteiger partial charge in [0.1, 0.15) is 5.75 Å². The van der Waals surface area contributed by atoms with Crippen LogP contribution in [0.4, 0.5) is 5.69 Å². The summed E-state index contributed by atoms with van der Waals surface area (Å²) in [5, 5.41) is 0. The van der Waals surface area contributed by atoms with Crippen molar-refractivity contribution >= 4 is 15.7 Å². The molecule has 2 aromatic carbocycles. The molecular weight excluding hydrogens is 342 g/mol. The van der Waals surface area contributed by atoms with Crippen molar-refractivity contribution in [1.82, 2.24) is 0 Å². The minimum atomic E-state index is -3.77. The second kappa shape index (κ2) is 7.23. The number of nitrogens with one attached hydrogen (secondary N) is 1. The molecule has 7 heteroatoms. The maximum atomic E-state index is 12.9. The first-order valence-electron chi connectivity index (χ1n) is 7.64. The standard InChI is InChI=1S/C18H23NO5S/c1-11-9-16(23-5)12(2)13(3)18(11)25(20,21)19-14-7-8-15(22-4)17(10-14)24-6/h7-10,19H,1-6H3. The molecule has 0 heterocycles. The van der Waals surface area contributed by atoms with E-state index in [0.29, 0.717) is 34.1 Å². The Hall–Kier alpha value is -2.41. The summed E-state index contributed by atoms with van der Waals surface area (Å²) < 4.78 is 44.1. The normalized spacial score (nSPS) is 11.1. The zero-order chi connectivity index (χ0) is 18.8. The number of methoxy groups -OCH3 is 3. The van der Waals surface area contributed by atoms with Crippen LogP contribution in [0.2, 0.25) is 0 Å². The van der Waals surface area contributed by atoms with Crippen LogP contribution >= 0.6 is 0 Å². The van der Waals surface area contributed by atoms with Gasteiger partial charge in [0.2, 0.25) is 0 Å². The average molecular weight is 365 g/mol. The van der Waals surface area contributed by atoms with Crippen LogP contribution in [0, 0.1) is 20.8 Å². The second-order valence-corrected chi connectivity index (χ2v) is 7.27. The van der Waals surface area contributed by atoms with Gasteiger partial charge in [-0.3, -0.25) is 4.72 Å². The van der Waals surface area contributed by atoms with E-state index in [1.54, 1.807) is 45.2 Å². The van der Waals surface area contributed by atoms with Crippen molar-refractivity contribution in [1.29, 1.82) is 0 Å². The molecule has 0 aliphatic carbocycles. The highest BCUT2D eigenvalue weighted by atomic mass is 32.2. The van der Waals surface area contributed by atoms with Crippen molar-refractivity contribution in [3.05, 3.63) is 41.0 Å².